The van der Waals surface area contributed by atoms with Crippen LogP contribution in [0.1, 0.15) is 32.1 Å². The van der Waals surface area contributed by atoms with Crippen LogP contribution in [0.3, 0.4) is 0 Å². The predicted octanol–water partition coefficient (Wildman–Crippen LogP) is 0.866. The number of nitrogens with one attached hydrogen (secondary N) is 1. The van der Waals surface area contributed by atoms with E-state index in [1.54, 1.807) is 0 Å². The first-order chi connectivity index (χ1) is 5.40. The fourth-order valence-corrected chi connectivity index (χ4v) is 2.68. The van der Waals surface area contributed by atoms with Crippen LogP contribution in [0.25, 0.3) is 0 Å². The van der Waals surface area contributed by atoms with Crippen LogP contribution in [-0.4, -0.2) is 18.6 Å². The van der Waals surface area contributed by atoms with E-state index in [-0.39, 0.29) is 0 Å². The van der Waals surface area contributed by atoms with E-state index in [2.05, 4.69) is 5.32 Å². The molecule has 0 radical (unpaired) electrons. The van der Waals surface area contributed by atoms with Gasteiger partial charge in [0.05, 0.1) is 0 Å². The third-order valence-corrected chi connectivity index (χ3v) is 3.21. The van der Waals surface area contributed by atoms with Gasteiger partial charge in [-0.2, -0.15) is 0 Å². The molecule has 2 fully saturated rings. The van der Waals surface area contributed by atoms with Gasteiger partial charge in [-0.15, -0.1) is 0 Å². The summed E-state index contributed by atoms with van der Waals surface area (Å²) in [7, 11) is 0. The van der Waals surface area contributed by atoms with Crippen molar-refractivity contribution < 1.29 is 0 Å². The van der Waals surface area contributed by atoms with Gasteiger partial charge >= 0.3 is 0 Å². The summed E-state index contributed by atoms with van der Waals surface area (Å²) in [5, 5.41) is 3.67. The first-order valence-corrected chi connectivity index (χ1v) is 4.86. The smallest absolute Gasteiger partial charge is 0.00985 e. The molecule has 0 amide bonds. The van der Waals surface area contributed by atoms with Crippen molar-refractivity contribution in [2.45, 2.75) is 44.2 Å². The maximum Gasteiger partial charge on any atom is 0.00985 e. The molecule has 1 saturated carbocycles. The normalized spacial score (nSPS) is 42.8. The Balaban J connectivity index is 1.84. The van der Waals surface area contributed by atoms with Crippen LogP contribution < -0.4 is 11.1 Å². The minimum Gasteiger partial charge on any atom is -0.330 e. The molecule has 2 nitrogen and oxygen atoms in total. The summed E-state index contributed by atoms with van der Waals surface area (Å²) in [5.74, 6) is 0.992. The topological polar surface area (TPSA) is 38.0 Å². The minimum absolute atomic E-state index is 0.746. The number of hydrogen-bond acceptors (Lipinski definition) is 2. The molecular formula is C9H18N2. The van der Waals surface area contributed by atoms with E-state index in [4.69, 9.17) is 5.73 Å². The molecule has 0 bridgehead atoms. The zero-order valence-corrected chi connectivity index (χ0v) is 7.05. The molecule has 0 aromatic heterocycles. The average molecular weight is 154 g/mol. The molecule has 0 aromatic rings. The molecule has 1 heterocycles. The van der Waals surface area contributed by atoms with Crippen LogP contribution in [0.4, 0.5) is 0 Å². The van der Waals surface area contributed by atoms with Crippen molar-refractivity contribution in [3.8, 4) is 0 Å². The summed E-state index contributed by atoms with van der Waals surface area (Å²) in [4.78, 5) is 0. The zero-order valence-electron chi connectivity index (χ0n) is 7.05. The minimum atomic E-state index is 0.746. The fourth-order valence-electron chi connectivity index (χ4n) is 2.68. The number of nitrogens with two attached hydrogens (primary N) is 1. The fraction of sp³-hybridized carbons (Fsp3) is 1.00. The highest BCUT2D eigenvalue weighted by Crippen LogP contribution is 2.35. The van der Waals surface area contributed by atoms with E-state index in [1.165, 1.54) is 32.1 Å². The second-order valence-electron chi connectivity index (χ2n) is 3.97. The van der Waals surface area contributed by atoms with Crippen molar-refractivity contribution in [3.63, 3.8) is 0 Å². The van der Waals surface area contributed by atoms with Gasteiger partial charge < -0.3 is 11.1 Å². The molecule has 64 valence electrons. The molecule has 1 aliphatic carbocycles. The third-order valence-electron chi connectivity index (χ3n) is 3.21. The summed E-state index contributed by atoms with van der Waals surface area (Å²) in [6.07, 6.45) is 6.87. The van der Waals surface area contributed by atoms with Gasteiger partial charge in [0.15, 0.2) is 0 Å². The summed E-state index contributed by atoms with van der Waals surface area (Å²) in [6.45, 7) is 0.844. The SMILES string of the molecule is NCC[C@@H]1C[C@H]2CCC[C@@H]2N1. The van der Waals surface area contributed by atoms with Gasteiger partial charge in [0.2, 0.25) is 0 Å². The van der Waals surface area contributed by atoms with Crippen LogP contribution in [0.2, 0.25) is 0 Å². The van der Waals surface area contributed by atoms with E-state index in [1.807, 2.05) is 0 Å². The Morgan fingerprint density at radius 1 is 1.36 bits per heavy atom. The Labute approximate surface area is 68.5 Å². The van der Waals surface area contributed by atoms with Crippen molar-refractivity contribution in [2.24, 2.45) is 11.7 Å². The average Bonchev–Trinajstić information content (AvgIpc) is 2.46. The van der Waals surface area contributed by atoms with Crippen molar-refractivity contribution in [1.29, 1.82) is 0 Å². The molecule has 0 unspecified atom stereocenters. The number of hydrogen-bond donors (Lipinski definition) is 2. The lowest BCUT2D eigenvalue weighted by Crippen LogP contribution is -2.30. The molecule has 3 atom stereocenters. The molecule has 1 saturated heterocycles. The number of fused-ring (bicyclic) bond motifs is 1. The molecule has 1 aliphatic heterocycles. The largest absolute Gasteiger partial charge is 0.330 e. The van der Waals surface area contributed by atoms with Crippen molar-refractivity contribution in [3.05, 3.63) is 0 Å². The van der Waals surface area contributed by atoms with Crippen molar-refractivity contribution in [1.82, 2.24) is 5.32 Å². The third kappa shape index (κ3) is 1.42. The lowest BCUT2D eigenvalue weighted by molar-refractivity contribution is 0.506. The van der Waals surface area contributed by atoms with Crippen LogP contribution >= 0.6 is 0 Å². The van der Waals surface area contributed by atoms with Crippen molar-refractivity contribution in [2.75, 3.05) is 6.54 Å². The molecule has 11 heavy (non-hydrogen) atoms. The highest BCUT2D eigenvalue weighted by atomic mass is 15.0. The van der Waals surface area contributed by atoms with Gasteiger partial charge in [0.1, 0.15) is 0 Å². The Bertz CT molecular complexity index is 124. The molecule has 2 rings (SSSR count). The van der Waals surface area contributed by atoms with Gasteiger partial charge in [0, 0.05) is 12.1 Å². The van der Waals surface area contributed by atoms with Crippen LogP contribution in [0.5, 0.6) is 0 Å². The van der Waals surface area contributed by atoms with E-state index >= 15 is 0 Å². The van der Waals surface area contributed by atoms with Gasteiger partial charge in [-0.1, -0.05) is 6.42 Å². The first kappa shape index (κ1) is 7.56. The Morgan fingerprint density at radius 3 is 3.00 bits per heavy atom. The lowest BCUT2D eigenvalue weighted by atomic mass is 10.0. The molecule has 2 heteroatoms. The Hall–Kier alpha value is -0.0800. The maximum atomic E-state index is 5.52. The molecular weight excluding hydrogens is 136 g/mol. The van der Waals surface area contributed by atoms with E-state index in [0.29, 0.717) is 0 Å². The van der Waals surface area contributed by atoms with Gasteiger partial charge in [-0.3, -0.25) is 0 Å². The summed E-state index contributed by atoms with van der Waals surface area (Å²) in [5.41, 5.74) is 5.52. The maximum absolute atomic E-state index is 5.52. The van der Waals surface area contributed by atoms with Gasteiger partial charge in [-0.25, -0.2) is 0 Å². The zero-order chi connectivity index (χ0) is 7.68. The monoisotopic (exact) mass is 154 g/mol. The molecule has 0 spiro atoms. The Kier molecular flexibility index (Phi) is 2.14. The predicted molar refractivity (Wildman–Crippen MR) is 46.3 cm³/mol. The summed E-state index contributed by atoms with van der Waals surface area (Å²) in [6, 6.07) is 1.60. The van der Waals surface area contributed by atoms with Crippen LogP contribution in [0, 0.1) is 5.92 Å². The first-order valence-electron chi connectivity index (χ1n) is 4.86. The molecule has 0 aromatic carbocycles. The second kappa shape index (κ2) is 3.11. The molecule has 2 aliphatic rings. The summed E-state index contributed by atoms with van der Waals surface area (Å²) < 4.78 is 0. The lowest BCUT2D eigenvalue weighted by Gasteiger charge is -2.10. The van der Waals surface area contributed by atoms with Crippen LogP contribution in [0.15, 0.2) is 0 Å². The quantitative estimate of drug-likeness (QED) is 0.619. The second-order valence-corrected chi connectivity index (χ2v) is 3.97. The van der Waals surface area contributed by atoms with E-state index < -0.39 is 0 Å². The Morgan fingerprint density at radius 2 is 2.27 bits per heavy atom. The van der Waals surface area contributed by atoms with E-state index in [9.17, 15) is 0 Å². The summed E-state index contributed by atoms with van der Waals surface area (Å²) >= 11 is 0. The van der Waals surface area contributed by atoms with Crippen LogP contribution in [-0.2, 0) is 0 Å². The highest BCUT2D eigenvalue weighted by molar-refractivity contribution is 4.94. The van der Waals surface area contributed by atoms with Gasteiger partial charge in [-0.05, 0) is 38.1 Å². The highest BCUT2D eigenvalue weighted by Gasteiger charge is 2.35. The number of rotatable bonds is 2. The molecule has 3 N–H and O–H groups in total. The standard InChI is InChI=1S/C9H18N2/c10-5-4-8-6-7-2-1-3-9(7)11-8/h7-9,11H,1-6,10H2/t7-,8-,9+/m1/s1. The van der Waals surface area contributed by atoms with Gasteiger partial charge in [0.25, 0.3) is 0 Å². The van der Waals surface area contributed by atoms with Crippen molar-refractivity contribution >= 4 is 0 Å². The van der Waals surface area contributed by atoms with E-state index in [0.717, 1.165) is 24.5 Å².